The van der Waals surface area contributed by atoms with Gasteiger partial charge < -0.3 is 11.1 Å². The van der Waals surface area contributed by atoms with E-state index in [1.54, 1.807) is 6.20 Å². The van der Waals surface area contributed by atoms with Crippen molar-refractivity contribution in [2.75, 3.05) is 11.9 Å². The Labute approximate surface area is 132 Å². The molecule has 1 aromatic carbocycles. The van der Waals surface area contributed by atoms with Crippen LogP contribution in [0.15, 0.2) is 34.9 Å². The van der Waals surface area contributed by atoms with Gasteiger partial charge in [0.05, 0.1) is 11.2 Å². The molecule has 1 heterocycles. The highest BCUT2D eigenvalue weighted by atomic mass is 79.9. The van der Waals surface area contributed by atoms with Gasteiger partial charge in [0, 0.05) is 22.5 Å². The Bertz CT molecular complexity index is 677. The second-order valence-electron chi connectivity index (χ2n) is 5.81. The number of carbonyl (C=O) groups is 1. The van der Waals surface area contributed by atoms with Gasteiger partial charge >= 0.3 is 0 Å². The van der Waals surface area contributed by atoms with Crippen LogP contribution in [0.25, 0.3) is 10.9 Å². The van der Waals surface area contributed by atoms with Crippen LogP contribution in [0.3, 0.4) is 0 Å². The minimum Gasteiger partial charge on any atom is -0.330 e. The molecular formula is C16H18BrN3O. The van der Waals surface area contributed by atoms with Crippen molar-refractivity contribution in [3.05, 3.63) is 34.9 Å². The van der Waals surface area contributed by atoms with Crippen molar-refractivity contribution in [2.24, 2.45) is 11.1 Å². The van der Waals surface area contributed by atoms with Crippen LogP contribution in [0.5, 0.6) is 0 Å². The zero-order valence-corrected chi connectivity index (χ0v) is 13.3. The van der Waals surface area contributed by atoms with Crippen LogP contribution >= 0.6 is 15.9 Å². The SMILES string of the molecule is NCC1(CC(=O)Nc2cccc3cc(Br)cnc23)CCC1. The highest BCUT2D eigenvalue weighted by Gasteiger charge is 2.37. The first-order valence-corrected chi connectivity index (χ1v) is 7.95. The molecule has 1 amide bonds. The number of hydrogen-bond acceptors (Lipinski definition) is 3. The summed E-state index contributed by atoms with van der Waals surface area (Å²) in [4.78, 5) is 16.7. The van der Waals surface area contributed by atoms with E-state index in [2.05, 4.69) is 26.2 Å². The van der Waals surface area contributed by atoms with E-state index in [0.29, 0.717) is 13.0 Å². The van der Waals surface area contributed by atoms with Gasteiger partial charge in [-0.1, -0.05) is 18.6 Å². The third kappa shape index (κ3) is 2.94. The van der Waals surface area contributed by atoms with Crippen molar-refractivity contribution < 1.29 is 4.79 Å². The molecule has 0 aliphatic heterocycles. The molecular weight excluding hydrogens is 330 g/mol. The summed E-state index contributed by atoms with van der Waals surface area (Å²) in [7, 11) is 0. The summed E-state index contributed by atoms with van der Waals surface area (Å²) in [6.45, 7) is 0.584. The summed E-state index contributed by atoms with van der Waals surface area (Å²) >= 11 is 3.41. The topological polar surface area (TPSA) is 68.0 Å². The molecule has 3 rings (SSSR count). The molecule has 1 fully saturated rings. The third-order valence-corrected chi connectivity index (χ3v) is 4.77. The Hall–Kier alpha value is -1.46. The van der Waals surface area contributed by atoms with E-state index in [1.165, 1.54) is 6.42 Å². The fourth-order valence-corrected chi connectivity index (χ4v) is 3.25. The zero-order chi connectivity index (χ0) is 14.9. The second-order valence-corrected chi connectivity index (χ2v) is 6.73. The molecule has 3 N–H and O–H groups in total. The van der Waals surface area contributed by atoms with E-state index >= 15 is 0 Å². The fraction of sp³-hybridized carbons (Fsp3) is 0.375. The molecule has 0 spiro atoms. The molecule has 110 valence electrons. The number of para-hydroxylation sites is 1. The second kappa shape index (κ2) is 5.73. The number of rotatable bonds is 4. The number of hydrogen-bond donors (Lipinski definition) is 2. The first-order valence-electron chi connectivity index (χ1n) is 7.16. The van der Waals surface area contributed by atoms with Crippen LogP contribution in [-0.4, -0.2) is 17.4 Å². The van der Waals surface area contributed by atoms with E-state index in [4.69, 9.17) is 5.73 Å². The summed E-state index contributed by atoms with van der Waals surface area (Å²) in [6.07, 6.45) is 5.52. The van der Waals surface area contributed by atoms with E-state index in [9.17, 15) is 4.79 Å². The van der Waals surface area contributed by atoms with Crippen molar-refractivity contribution in [3.63, 3.8) is 0 Å². The number of nitrogens with zero attached hydrogens (tertiary/aromatic N) is 1. The number of pyridine rings is 1. The van der Waals surface area contributed by atoms with Crippen LogP contribution < -0.4 is 11.1 Å². The maximum absolute atomic E-state index is 12.3. The van der Waals surface area contributed by atoms with Gasteiger partial charge in [0.25, 0.3) is 0 Å². The van der Waals surface area contributed by atoms with Gasteiger partial charge in [-0.25, -0.2) is 0 Å². The lowest BCUT2D eigenvalue weighted by Gasteiger charge is -2.40. The van der Waals surface area contributed by atoms with Crippen molar-refractivity contribution >= 4 is 38.4 Å². The number of amides is 1. The highest BCUT2D eigenvalue weighted by Crippen LogP contribution is 2.43. The monoisotopic (exact) mass is 347 g/mol. The molecule has 1 aromatic heterocycles. The Morgan fingerprint density at radius 2 is 2.24 bits per heavy atom. The molecule has 21 heavy (non-hydrogen) atoms. The predicted octanol–water partition coefficient (Wildman–Crippen LogP) is 3.45. The molecule has 5 heteroatoms. The average Bonchev–Trinajstić information content (AvgIpc) is 2.43. The van der Waals surface area contributed by atoms with E-state index < -0.39 is 0 Å². The lowest BCUT2D eigenvalue weighted by atomic mass is 9.66. The quantitative estimate of drug-likeness (QED) is 0.889. The van der Waals surface area contributed by atoms with Crippen molar-refractivity contribution in [1.29, 1.82) is 0 Å². The molecule has 0 radical (unpaired) electrons. The van der Waals surface area contributed by atoms with Crippen molar-refractivity contribution in [3.8, 4) is 0 Å². The maximum atomic E-state index is 12.3. The number of anilines is 1. The van der Waals surface area contributed by atoms with Crippen molar-refractivity contribution in [1.82, 2.24) is 4.98 Å². The summed E-state index contributed by atoms with van der Waals surface area (Å²) < 4.78 is 0.926. The van der Waals surface area contributed by atoms with Gasteiger partial charge in [0.1, 0.15) is 0 Å². The Morgan fingerprint density at radius 1 is 1.43 bits per heavy atom. The zero-order valence-electron chi connectivity index (χ0n) is 11.7. The molecule has 0 bridgehead atoms. The number of nitrogens with one attached hydrogen (secondary N) is 1. The van der Waals surface area contributed by atoms with Gasteiger partial charge in [-0.3, -0.25) is 9.78 Å². The smallest absolute Gasteiger partial charge is 0.225 e. The third-order valence-electron chi connectivity index (χ3n) is 4.33. The Kier molecular flexibility index (Phi) is 3.95. The Morgan fingerprint density at radius 3 is 2.90 bits per heavy atom. The van der Waals surface area contributed by atoms with Gasteiger partial charge in [-0.2, -0.15) is 0 Å². The molecule has 2 aromatic rings. The highest BCUT2D eigenvalue weighted by molar-refractivity contribution is 9.10. The lowest BCUT2D eigenvalue weighted by Crippen LogP contribution is -2.40. The van der Waals surface area contributed by atoms with E-state index in [-0.39, 0.29) is 11.3 Å². The largest absolute Gasteiger partial charge is 0.330 e. The van der Waals surface area contributed by atoms with Crippen LogP contribution in [0, 0.1) is 5.41 Å². The summed E-state index contributed by atoms with van der Waals surface area (Å²) in [5.41, 5.74) is 7.41. The first kappa shape index (κ1) is 14.5. The van der Waals surface area contributed by atoms with Crippen LogP contribution in [0.4, 0.5) is 5.69 Å². The summed E-state index contributed by atoms with van der Waals surface area (Å²) in [5, 5.41) is 3.99. The van der Waals surface area contributed by atoms with Crippen molar-refractivity contribution in [2.45, 2.75) is 25.7 Å². The van der Waals surface area contributed by atoms with Gasteiger partial charge in [-0.15, -0.1) is 0 Å². The van der Waals surface area contributed by atoms with Crippen LogP contribution in [0.1, 0.15) is 25.7 Å². The number of benzene rings is 1. The van der Waals surface area contributed by atoms with E-state index in [1.807, 2.05) is 24.3 Å². The van der Waals surface area contributed by atoms with Gasteiger partial charge in [0.2, 0.25) is 5.91 Å². The number of aromatic nitrogens is 1. The number of nitrogens with two attached hydrogens (primary N) is 1. The average molecular weight is 348 g/mol. The molecule has 1 aliphatic carbocycles. The lowest BCUT2D eigenvalue weighted by molar-refractivity contribution is -0.119. The summed E-state index contributed by atoms with van der Waals surface area (Å²) in [5.74, 6) is 0.0253. The minimum absolute atomic E-state index is 0.0190. The van der Waals surface area contributed by atoms with Crippen LogP contribution in [0.2, 0.25) is 0 Å². The first-order chi connectivity index (χ1) is 10.1. The number of fused-ring (bicyclic) bond motifs is 1. The minimum atomic E-state index is 0.0190. The Balaban J connectivity index is 1.80. The predicted molar refractivity (Wildman–Crippen MR) is 88.0 cm³/mol. The van der Waals surface area contributed by atoms with Gasteiger partial charge in [0.15, 0.2) is 0 Å². The fourth-order valence-electron chi connectivity index (χ4n) is 2.90. The maximum Gasteiger partial charge on any atom is 0.225 e. The normalized spacial score (nSPS) is 16.5. The molecule has 0 saturated heterocycles. The molecule has 1 aliphatic rings. The standard InChI is InChI=1S/C16H18BrN3O/c17-12-7-11-3-1-4-13(15(11)19-9-12)20-14(21)8-16(10-18)5-2-6-16/h1,3-4,7,9H,2,5-6,8,10,18H2,(H,20,21). The molecule has 0 atom stereocenters. The van der Waals surface area contributed by atoms with Gasteiger partial charge in [-0.05, 0) is 52.9 Å². The number of halogens is 1. The summed E-state index contributed by atoms with van der Waals surface area (Å²) in [6, 6.07) is 7.78. The number of carbonyl (C=O) groups excluding carboxylic acids is 1. The molecule has 4 nitrogen and oxygen atoms in total. The molecule has 0 unspecified atom stereocenters. The van der Waals surface area contributed by atoms with E-state index in [0.717, 1.165) is 33.9 Å². The van der Waals surface area contributed by atoms with Crippen LogP contribution in [-0.2, 0) is 4.79 Å². The molecule has 1 saturated carbocycles.